The lowest BCUT2D eigenvalue weighted by Crippen LogP contribution is -2.04. The van der Waals surface area contributed by atoms with Crippen LogP contribution in [0, 0.1) is 13.8 Å². The molecule has 1 aliphatic heterocycles. The third-order valence-corrected chi connectivity index (χ3v) is 5.34. The fraction of sp³-hybridized carbons (Fsp3) is 0.278. The SMILES string of the molecule is COC(=O)c1sc2nc(C)nc(NCc3ccc4c(c3)OCO4)c2c1C. The van der Waals surface area contributed by atoms with Crippen molar-refractivity contribution in [2.45, 2.75) is 20.4 Å². The van der Waals surface area contributed by atoms with Crippen LogP contribution in [0.25, 0.3) is 10.2 Å². The van der Waals surface area contributed by atoms with E-state index in [-0.39, 0.29) is 12.8 Å². The number of carbonyl (C=O) groups excluding carboxylic acids is 1. The fourth-order valence-corrected chi connectivity index (χ4v) is 4.04. The van der Waals surface area contributed by atoms with E-state index in [0.717, 1.165) is 32.8 Å². The van der Waals surface area contributed by atoms with Crippen LogP contribution in [-0.4, -0.2) is 29.8 Å². The van der Waals surface area contributed by atoms with Crippen LogP contribution in [0.5, 0.6) is 11.5 Å². The number of aryl methyl sites for hydroxylation is 2. The number of thiophene rings is 1. The van der Waals surface area contributed by atoms with E-state index in [1.807, 2.05) is 32.0 Å². The fourth-order valence-electron chi connectivity index (χ4n) is 2.90. The minimum Gasteiger partial charge on any atom is -0.465 e. The van der Waals surface area contributed by atoms with Crippen LogP contribution in [0.3, 0.4) is 0 Å². The number of methoxy groups -OCH3 is 1. The second kappa shape index (κ2) is 6.45. The van der Waals surface area contributed by atoms with Gasteiger partial charge in [0.2, 0.25) is 6.79 Å². The summed E-state index contributed by atoms with van der Waals surface area (Å²) in [5, 5.41) is 4.20. The second-order valence-electron chi connectivity index (χ2n) is 5.89. The summed E-state index contributed by atoms with van der Waals surface area (Å²) in [6.07, 6.45) is 0. The molecule has 3 heterocycles. The van der Waals surface area contributed by atoms with Crippen LogP contribution in [0.2, 0.25) is 0 Å². The zero-order valence-electron chi connectivity index (χ0n) is 14.6. The lowest BCUT2D eigenvalue weighted by molar-refractivity contribution is 0.0605. The highest BCUT2D eigenvalue weighted by Gasteiger charge is 2.20. The van der Waals surface area contributed by atoms with Gasteiger partial charge in [0.05, 0.1) is 12.5 Å². The van der Waals surface area contributed by atoms with Crippen LogP contribution in [0.4, 0.5) is 5.82 Å². The molecule has 0 fully saturated rings. The van der Waals surface area contributed by atoms with Crippen LogP contribution in [0.1, 0.15) is 26.6 Å². The normalized spacial score (nSPS) is 12.4. The highest BCUT2D eigenvalue weighted by Crippen LogP contribution is 2.35. The van der Waals surface area contributed by atoms with E-state index in [2.05, 4.69) is 15.3 Å². The molecular weight excluding hydrogens is 354 g/mol. The number of hydrogen-bond donors (Lipinski definition) is 1. The number of ether oxygens (including phenoxy) is 3. The number of nitrogens with zero attached hydrogens (tertiary/aromatic N) is 2. The maximum absolute atomic E-state index is 12.0. The molecule has 3 aromatic rings. The monoisotopic (exact) mass is 371 g/mol. The van der Waals surface area contributed by atoms with Crippen LogP contribution >= 0.6 is 11.3 Å². The molecule has 0 bridgehead atoms. The van der Waals surface area contributed by atoms with E-state index in [0.29, 0.717) is 23.1 Å². The van der Waals surface area contributed by atoms with Gasteiger partial charge in [0.15, 0.2) is 11.5 Å². The molecule has 7 nitrogen and oxygen atoms in total. The molecule has 4 rings (SSSR count). The highest BCUT2D eigenvalue weighted by molar-refractivity contribution is 7.20. The summed E-state index contributed by atoms with van der Waals surface area (Å²) in [5.41, 5.74) is 1.87. The van der Waals surface area contributed by atoms with E-state index in [1.54, 1.807) is 0 Å². The smallest absolute Gasteiger partial charge is 0.348 e. The zero-order valence-corrected chi connectivity index (χ0v) is 15.4. The molecule has 1 aliphatic rings. The Hall–Kier alpha value is -2.87. The summed E-state index contributed by atoms with van der Waals surface area (Å²) in [5.74, 6) is 2.49. The largest absolute Gasteiger partial charge is 0.465 e. The predicted molar refractivity (Wildman–Crippen MR) is 98.1 cm³/mol. The van der Waals surface area contributed by atoms with Crippen molar-refractivity contribution in [3.8, 4) is 11.5 Å². The number of aromatic nitrogens is 2. The molecule has 0 amide bonds. The van der Waals surface area contributed by atoms with E-state index in [4.69, 9.17) is 14.2 Å². The molecule has 8 heteroatoms. The van der Waals surface area contributed by atoms with Gasteiger partial charge in [-0.05, 0) is 37.1 Å². The van der Waals surface area contributed by atoms with Crippen LogP contribution in [0.15, 0.2) is 18.2 Å². The second-order valence-corrected chi connectivity index (χ2v) is 6.89. The lowest BCUT2D eigenvalue weighted by atomic mass is 10.1. The third-order valence-electron chi connectivity index (χ3n) is 4.17. The summed E-state index contributed by atoms with van der Waals surface area (Å²) in [4.78, 5) is 22.3. The van der Waals surface area contributed by atoms with Crippen LogP contribution < -0.4 is 14.8 Å². The molecule has 1 aromatic carbocycles. The van der Waals surface area contributed by atoms with Crippen molar-refractivity contribution in [3.05, 3.63) is 40.0 Å². The minimum atomic E-state index is -0.357. The van der Waals surface area contributed by atoms with Crippen molar-refractivity contribution in [1.82, 2.24) is 9.97 Å². The number of fused-ring (bicyclic) bond motifs is 2. The van der Waals surface area contributed by atoms with Crippen LogP contribution in [-0.2, 0) is 11.3 Å². The highest BCUT2D eigenvalue weighted by atomic mass is 32.1. The zero-order chi connectivity index (χ0) is 18.3. The van der Waals surface area contributed by atoms with Gasteiger partial charge in [0.1, 0.15) is 21.3 Å². The maximum Gasteiger partial charge on any atom is 0.348 e. The van der Waals surface area contributed by atoms with Gasteiger partial charge in [-0.25, -0.2) is 14.8 Å². The van der Waals surface area contributed by atoms with Crippen molar-refractivity contribution < 1.29 is 19.0 Å². The van der Waals surface area contributed by atoms with Crippen molar-refractivity contribution in [3.63, 3.8) is 0 Å². The first-order valence-electron chi connectivity index (χ1n) is 8.05. The first-order valence-corrected chi connectivity index (χ1v) is 8.87. The Morgan fingerprint density at radius 2 is 2.08 bits per heavy atom. The Morgan fingerprint density at radius 1 is 1.27 bits per heavy atom. The first kappa shape index (κ1) is 16.6. The topological polar surface area (TPSA) is 82.6 Å². The van der Waals surface area contributed by atoms with Gasteiger partial charge in [-0.2, -0.15) is 0 Å². The Labute approximate surface area is 153 Å². The average Bonchev–Trinajstić information content (AvgIpc) is 3.23. The Bertz CT molecular complexity index is 1020. The lowest BCUT2D eigenvalue weighted by Gasteiger charge is -2.09. The number of hydrogen-bond acceptors (Lipinski definition) is 8. The van der Waals surface area contributed by atoms with Crippen molar-refractivity contribution in [2.75, 3.05) is 19.2 Å². The number of anilines is 1. The van der Waals surface area contributed by atoms with Crippen molar-refractivity contribution in [1.29, 1.82) is 0 Å². The quantitative estimate of drug-likeness (QED) is 0.704. The van der Waals surface area contributed by atoms with Gasteiger partial charge >= 0.3 is 5.97 Å². The molecule has 26 heavy (non-hydrogen) atoms. The summed E-state index contributed by atoms with van der Waals surface area (Å²) in [6.45, 7) is 4.53. The number of esters is 1. The molecule has 0 atom stereocenters. The van der Waals surface area contributed by atoms with Crippen molar-refractivity contribution >= 4 is 33.3 Å². The molecule has 0 spiro atoms. The molecule has 1 N–H and O–H groups in total. The van der Waals surface area contributed by atoms with E-state index in [1.165, 1.54) is 18.4 Å². The molecular formula is C18H17N3O4S. The molecule has 2 aromatic heterocycles. The minimum absolute atomic E-state index is 0.252. The van der Waals surface area contributed by atoms with E-state index < -0.39 is 0 Å². The summed E-state index contributed by atoms with van der Waals surface area (Å²) in [7, 11) is 1.38. The van der Waals surface area contributed by atoms with E-state index in [9.17, 15) is 4.79 Å². The van der Waals surface area contributed by atoms with Gasteiger partial charge in [-0.1, -0.05) is 6.07 Å². The van der Waals surface area contributed by atoms with Gasteiger partial charge in [-0.15, -0.1) is 11.3 Å². The average molecular weight is 371 g/mol. The summed E-state index contributed by atoms with van der Waals surface area (Å²) in [6, 6.07) is 5.82. The molecule has 0 radical (unpaired) electrons. The molecule has 0 aliphatic carbocycles. The first-order chi connectivity index (χ1) is 12.6. The molecule has 0 saturated carbocycles. The number of nitrogens with one attached hydrogen (secondary N) is 1. The summed E-state index contributed by atoms with van der Waals surface area (Å²) < 4.78 is 15.6. The standard InChI is InChI=1S/C18H17N3O4S/c1-9-14-16(19-7-11-4-5-12-13(6-11)25-8-24-12)20-10(2)21-17(14)26-15(9)18(22)23-3/h4-6H,7-8H2,1-3H3,(H,19,20,21). The molecule has 0 unspecified atom stereocenters. The predicted octanol–water partition coefficient (Wildman–Crippen LogP) is 3.44. The number of rotatable bonds is 4. The molecule has 0 saturated heterocycles. The van der Waals surface area contributed by atoms with Crippen molar-refractivity contribution in [2.24, 2.45) is 0 Å². The molecule has 134 valence electrons. The Morgan fingerprint density at radius 3 is 2.88 bits per heavy atom. The van der Waals surface area contributed by atoms with Gasteiger partial charge < -0.3 is 19.5 Å². The summed E-state index contributed by atoms with van der Waals surface area (Å²) >= 11 is 1.32. The third kappa shape index (κ3) is 2.82. The Kier molecular flexibility index (Phi) is 4.12. The van der Waals surface area contributed by atoms with Gasteiger partial charge in [0, 0.05) is 6.54 Å². The number of carbonyl (C=O) groups is 1. The van der Waals surface area contributed by atoms with E-state index >= 15 is 0 Å². The number of benzene rings is 1. The maximum atomic E-state index is 12.0. The van der Waals surface area contributed by atoms with Gasteiger partial charge in [-0.3, -0.25) is 0 Å². The Balaban J connectivity index is 1.67. The van der Waals surface area contributed by atoms with Gasteiger partial charge in [0.25, 0.3) is 0 Å².